The Balaban J connectivity index is 3.00. The van der Waals surface area contributed by atoms with E-state index in [1.54, 1.807) is 12.1 Å². The Labute approximate surface area is 75.1 Å². The van der Waals surface area contributed by atoms with Crippen LogP contribution in [0.3, 0.4) is 0 Å². The predicted molar refractivity (Wildman–Crippen MR) is 46.4 cm³/mol. The number of ether oxygens (including phenoxy) is 1. The van der Waals surface area contributed by atoms with Gasteiger partial charge >= 0.3 is 6.09 Å². The zero-order valence-electron chi connectivity index (χ0n) is 6.50. The van der Waals surface area contributed by atoms with Crippen molar-refractivity contribution in [2.75, 3.05) is 0 Å². The van der Waals surface area contributed by atoms with Crippen LogP contribution in [0.25, 0.3) is 0 Å². The Morgan fingerprint density at radius 1 is 1.58 bits per heavy atom. The molecular weight excluding hydrogens is 178 g/mol. The van der Waals surface area contributed by atoms with Crippen molar-refractivity contribution in [2.45, 2.75) is 6.92 Å². The average Bonchev–Trinajstić information content (AvgIpc) is 1.98. The summed E-state index contributed by atoms with van der Waals surface area (Å²) in [6.45, 7) is 1.82. The quantitative estimate of drug-likeness (QED) is 0.729. The van der Waals surface area contributed by atoms with E-state index in [2.05, 4.69) is 4.74 Å². The topological polar surface area (TPSA) is 52.3 Å². The smallest absolute Gasteiger partial charge is 0.409 e. The van der Waals surface area contributed by atoms with Crippen LogP contribution in [0.4, 0.5) is 4.79 Å². The minimum absolute atomic E-state index is 0.296. The molecule has 0 heterocycles. The fourth-order valence-electron chi connectivity index (χ4n) is 0.808. The molecule has 0 saturated heterocycles. The SMILES string of the molecule is Cc1cccc(OC(N)=O)c1Cl. The molecule has 0 aromatic heterocycles. The summed E-state index contributed by atoms with van der Waals surface area (Å²) in [7, 11) is 0. The number of amides is 1. The van der Waals surface area contributed by atoms with Crippen LogP contribution < -0.4 is 10.5 Å². The lowest BCUT2D eigenvalue weighted by Gasteiger charge is -2.04. The van der Waals surface area contributed by atoms with Gasteiger partial charge in [0.15, 0.2) is 5.75 Å². The zero-order valence-corrected chi connectivity index (χ0v) is 7.26. The zero-order chi connectivity index (χ0) is 9.14. The van der Waals surface area contributed by atoms with Gasteiger partial charge in [0.05, 0.1) is 5.02 Å². The molecule has 0 atom stereocenters. The molecule has 4 heteroatoms. The molecule has 1 aromatic rings. The fourth-order valence-corrected chi connectivity index (χ4v) is 0.972. The van der Waals surface area contributed by atoms with E-state index in [0.717, 1.165) is 5.56 Å². The van der Waals surface area contributed by atoms with Crippen LogP contribution in [-0.4, -0.2) is 6.09 Å². The molecule has 3 nitrogen and oxygen atoms in total. The first-order valence-electron chi connectivity index (χ1n) is 3.33. The summed E-state index contributed by atoms with van der Waals surface area (Å²) in [6.07, 6.45) is -0.859. The first kappa shape index (κ1) is 8.87. The molecule has 64 valence electrons. The van der Waals surface area contributed by atoms with Crippen molar-refractivity contribution >= 4 is 17.7 Å². The first-order chi connectivity index (χ1) is 5.61. The molecule has 1 rings (SSSR count). The summed E-state index contributed by atoms with van der Waals surface area (Å²) < 4.78 is 4.63. The largest absolute Gasteiger partial charge is 0.410 e. The number of primary amides is 1. The van der Waals surface area contributed by atoms with Crippen molar-refractivity contribution in [3.63, 3.8) is 0 Å². The van der Waals surface area contributed by atoms with Gasteiger partial charge in [0, 0.05) is 0 Å². The van der Waals surface area contributed by atoms with Crippen molar-refractivity contribution in [1.29, 1.82) is 0 Å². The van der Waals surface area contributed by atoms with Crippen LogP contribution in [0.5, 0.6) is 5.75 Å². The van der Waals surface area contributed by atoms with E-state index in [4.69, 9.17) is 17.3 Å². The molecule has 12 heavy (non-hydrogen) atoms. The van der Waals surface area contributed by atoms with Gasteiger partial charge in [0.25, 0.3) is 0 Å². The van der Waals surface area contributed by atoms with Gasteiger partial charge in [-0.15, -0.1) is 0 Å². The fraction of sp³-hybridized carbons (Fsp3) is 0.125. The normalized spacial score (nSPS) is 9.50. The van der Waals surface area contributed by atoms with E-state index in [9.17, 15) is 4.79 Å². The number of carbonyl (C=O) groups is 1. The highest BCUT2D eigenvalue weighted by atomic mass is 35.5. The van der Waals surface area contributed by atoms with Crippen molar-refractivity contribution in [2.24, 2.45) is 5.73 Å². The van der Waals surface area contributed by atoms with Gasteiger partial charge in [-0.1, -0.05) is 23.7 Å². The number of rotatable bonds is 1. The van der Waals surface area contributed by atoms with E-state index in [0.29, 0.717) is 10.8 Å². The minimum Gasteiger partial charge on any atom is -0.409 e. The first-order valence-corrected chi connectivity index (χ1v) is 3.71. The standard InChI is InChI=1S/C8H8ClNO2/c1-5-3-2-4-6(7(5)9)12-8(10)11/h2-4H,1H3,(H2,10,11). The van der Waals surface area contributed by atoms with Crippen molar-refractivity contribution in [1.82, 2.24) is 0 Å². The summed E-state index contributed by atoms with van der Waals surface area (Å²) in [6, 6.07) is 5.13. The highest BCUT2D eigenvalue weighted by Gasteiger charge is 2.05. The molecule has 0 aliphatic rings. The number of hydrogen-bond acceptors (Lipinski definition) is 2. The second-order valence-corrected chi connectivity index (χ2v) is 2.69. The second kappa shape index (κ2) is 3.45. The molecule has 1 amide bonds. The van der Waals surface area contributed by atoms with Crippen LogP contribution in [0.2, 0.25) is 5.02 Å². The highest BCUT2D eigenvalue weighted by molar-refractivity contribution is 6.32. The average molecular weight is 186 g/mol. The number of carbonyl (C=O) groups excluding carboxylic acids is 1. The van der Waals surface area contributed by atoms with E-state index >= 15 is 0 Å². The number of nitrogens with two attached hydrogens (primary N) is 1. The van der Waals surface area contributed by atoms with Crippen LogP contribution in [0.1, 0.15) is 5.56 Å². The lowest BCUT2D eigenvalue weighted by Crippen LogP contribution is -2.16. The molecule has 2 N–H and O–H groups in total. The lowest BCUT2D eigenvalue weighted by molar-refractivity contribution is 0.211. The Bertz CT molecular complexity index is 312. The van der Waals surface area contributed by atoms with Crippen molar-refractivity contribution in [3.05, 3.63) is 28.8 Å². The summed E-state index contributed by atoms with van der Waals surface area (Å²) in [5.74, 6) is 0.296. The maximum atomic E-state index is 10.4. The predicted octanol–water partition coefficient (Wildman–Crippen LogP) is 2.11. The van der Waals surface area contributed by atoms with Gasteiger partial charge < -0.3 is 10.5 Å². The van der Waals surface area contributed by atoms with E-state index in [1.807, 2.05) is 13.0 Å². The van der Waals surface area contributed by atoms with E-state index in [1.165, 1.54) is 0 Å². The Morgan fingerprint density at radius 2 is 2.25 bits per heavy atom. The van der Waals surface area contributed by atoms with Crippen LogP contribution in [0.15, 0.2) is 18.2 Å². The second-order valence-electron chi connectivity index (χ2n) is 2.31. The molecule has 0 radical (unpaired) electrons. The summed E-state index contributed by atoms with van der Waals surface area (Å²) >= 11 is 5.80. The molecular formula is C8H8ClNO2. The Hall–Kier alpha value is -1.22. The molecule has 0 fully saturated rings. The molecule has 0 unspecified atom stereocenters. The maximum absolute atomic E-state index is 10.4. The number of halogens is 1. The number of hydrogen-bond donors (Lipinski definition) is 1. The van der Waals surface area contributed by atoms with Crippen molar-refractivity contribution < 1.29 is 9.53 Å². The maximum Gasteiger partial charge on any atom is 0.410 e. The van der Waals surface area contributed by atoms with Crippen LogP contribution in [0, 0.1) is 6.92 Å². The molecule has 0 saturated carbocycles. The van der Waals surface area contributed by atoms with Gasteiger partial charge in [-0.3, -0.25) is 0 Å². The Kier molecular flexibility index (Phi) is 2.55. The number of aryl methyl sites for hydroxylation is 1. The number of benzene rings is 1. The van der Waals surface area contributed by atoms with Crippen LogP contribution >= 0.6 is 11.6 Å². The highest BCUT2D eigenvalue weighted by Crippen LogP contribution is 2.27. The molecule has 0 aliphatic carbocycles. The van der Waals surface area contributed by atoms with Gasteiger partial charge in [0.1, 0.15) is 0 Å². The summed E-state index contributed by atoms with van der Waals surface area (Å²) in [5.41, 5.74) is 5.67. The molecule has 0 aliphatic heterocycles. The van der Waals surface area contributed by atoms with E-state index in [-0.39, 0.29) is 0 Å². The summed E-state index contributed by atoms with van der Waals surface area (Å²) in [5, 5.41) is 0.413. The third-order valence-corrected chi connectivity index (χ3v) is 1.85. The van der Waals surface area contributed by atoms with Gasteiger partial charge in [-0.25, -0.2) is 4.79 Å². The van der Waals surface area contributed by atoms with E-state index < -0.39 is 6.09 Å². The van der Waals surface area contributed by atoms with Crippen molar-refractivity contribution in [3.8, 4) is 5.75 Å². The van der Waals surface area contributed by atoms with Gasteiger partial charge in [-0.05, 0) is 18.6 Å². The van der Waals surface area contributed by atoms with Gasteiger partial charge in [-0.2, -0.15) is 0 Å². The monoisotopic (exact) mass is 185 g/mol. The van der Waals surface area contributed by atoms with Crippen LogP contribution in [-0.2, 0) is 0 Å². The third-order valence-electron chi connectivity index (χ3n) is 1.37. The minimum atomic E-state index is -0.859. The molecule has 0 bridgehead atoms. The summed E-state index contributed by atoms with van der Waals surface area (Å²) in [4.78, 5) is 10.4. The Morgan fingerprint density at radius 3 is 2.83 bits per heavy atom. The lowest BCUT2D eigenvalue weighted by atomic mass is 10.2. The molecule has 0 spiro atoms. The molecule has 1 aromatic carbocycles. The third kappa shape index (κ3) is 1.89. The van der Waals surface area contributed by atoms with Gasteiger partial charge in [0.2, 0.25) is 0 Å².